The second-order valence-corrected chi connectivity index (χ2v) is 4.57. The Morgan fingerprint density at radius 3 is 2.93 bits per heavy atom. The molecule has 2 rings (SSSR count). The van der Waals surface area contributed by atoms with Gasteiger partial charge >= 0.3 is 0 Å². The first-order chi connectivity index (χ1) is 7.36. The molecule has 0 spiro atoms. The van der Waals surface area contributed by atoms with Gasteiger partial charge in [-0.3, -0.25) is 0 Å². The fourth-order valence-corrected chi connectivity index (χ4v) is 2.39. The van der Waals surface area contributed by atoms with Crippen molar-refractivity contribution in [3.05, 3.63) is 18.0 Å². The Morgan fingerprint density at radius 1 is 1.53 bits per heavy atom. The Labute approximate surface area is 93.9 Å². The highest BCUT2D eigenvalue weighted by Gasteiger charge is 2.28. The Balaban J connectivity index is 2.11. The summed E-state index contributed by atoms with van der Waals surface area (Å²) in [5.74, 6) is 1.87. The number of nitrogens with two attached hydrogens (primary N) is 1. The lowest BCUT2D eigenvalue weighted by molar-refractivity contribution is 0.626. The number of allylic oxidation sites excluding steroid dienone is 1. The molecule has 0 radical (unpaired) electrons. The minimum atomic E-state index is 0.480. The maximum Gasteiger partial charge on any atom is 0.191 e. The summed E-state index contributed by atoms with van der Waals surface area (Å²) < 4.78 is 2.20. The predicted octanol–water partition coefficient (Wildman–Crippen LogP) is 1.74. The van der Waals surface area contributed by atoms with E-state index in [9.17, 15) is 0 Å². The zero-order valence-electron chi connectivity index (χ0n) is 8.89. The van der Waals surface area contributed by atoms with E-state index in [0.717, 1.165) is 16.7 Å². The molecule has 82 valence electrons. The van der Waals surface area contributed by atoms with Crippen molar-refractivity contribution in [2.24, 2.45) is 5.73 Å². The van der Waals surface area contributed by atoms with E-state index in [1.165, 1.54) is 12.8 Å². The van der Waals surface area contributed by atoms with Crippen molar-refractivity contribution in [1.82, 2.24) is 14.8 Å². The van der Waals surface area contributed by atoms with Crippen LogP contribution < -0.4 is 5.73 Å². The molecule has 1 heterocycles. The Kier molecular flexibility index (Phi) is 3.43. The molecular formula is C10H16N4S. The van der Waals surface area contributed by atoms with Crippen molar-refractivity contribution in [1.29, 1.82) is 0 Å². The number of hydrogen-bond acceptors (Lipinski definition) is 4. The van der Waals surface area contributed by atoms with Crippen LogP contribution in [0.4, 0.5) is 0 Å². The number of rotatable bonds is 5. The molecule has 5 heteroatoms. The first kappa shape index (κ1) is 10.7. The van der Waals surface area contributed by atoms with E-state index in [4.69, 9.17) is 5.73 Å². The molecule has 0 bridgehead atoms. The van der Waals surface area contributed by atoms with Crippen LogP contribution in [-0.4, -0.2) is 20.5 Å². The highest BCUT2D eigenvalue weighted by Crippen LogP contribution is 2.38. The van der Waals surface area contributed by atoms with Crippen LogP contribution in [0.2, 0.25) is 0 Å². The normalized spacial score (nSPS) is 16.4. The summed E-state index contributed by atoms with van der Waals surface area (Å²) in [5.41, 5.74) is 5.64. The zero-order chi connectivity index (χ0) is 10.7. The average Bonchev–Trinajstić information content (AvgIpc) is 3.00. The van der Waals surface area contributed by atoms with Crippen molar-refractivity contribution < 1.29 is 0 Å². The van der Waals surface area contributed by atoms with Crippen LogP contribution in [-0.2, 0) is 6.54 Å². The third-order valence-corrected chi connectivity index (χ3v) is 3.27. The van der Waals surface area contributed by atoms with Gasteiger partial charge in [0.15, 0.2) is 5.16 Å². The maximum atomic E-state index is 5.64. The second-order valence-electron chi connectivity index (χ2n) is 3.58. The van der Waals surface area contributed by atoms with Crippen LogP contribution in [0.1, 0.15) is 31.6 Å². The number of nitrogens with zero attached hydrogens (tertiary/aromatic N) is 3. The molecule has 2 N–H and O–H groups in total. The molecule has 1 saturated carbocycles. The summed E-state index contributed by atoms with van der Waals surface area (Å²) >= 11 is 1.72. The number of thioether (sulfide) groups is 1. The van der Waals surface area contributed by atoms with Crippen LogP contribution in [0.15, 0.2) is 17.3 Å². The molecule has 0 amide bonds. The van der Waals surface area contributed by atoms with Crippen molar-refractivity contribution in [2.75, 3.05) is 5.75 Å². The molecule has 1 aromatic rings. The van der Waals surface area contributed by atoms with Crippen LogP contribution in [0, 0.1) is 0 Å². The third-order valence-electron chi connectivity index (χ3n) is 2.37. The molecule has 1 aromatic heterocycles. The quantitative estimate of drug-likeness (QED) is 0.611. The molecule has 0 aromatic carbocycles. The zero-order valence-corrected chi connectivity index (χ0v) is 9.70. The van der Waals surface area contributed by atoms with E-state index in [1.54, 1.807) is 11.8 Å². The Bertz CT molecular complexity index is 354. The van der Waals surface area contributed by atoms with E-state index in [-0.39, 0.29) is 0 Å². The summed E-state index contributed by atoms with van der Waals surface area (Å²) in [5, 5.41) is 9.31. The number of aromatic nitrogens is 3. The monoisotopic (exact) mass is 224 g/mol. The largest absolute Gasteiger partial charge is 0.324 e. The lowest BCUT2D eigenvalue weighted by atomic mass is 10.5. The van der Waals surface area contributed by atoms with Crippen LogP contribution >= 0.6 is 11.8 Å². The van der Waals surface area contributed by atoms with Crippen LogP contribution in [0.3, 0.4) is 0 Å². The van der Waals surface area contributed by atoms with E-state index in [0.29, 0.717) is 12.6 Å². The third kappa shape index (κ3) is 2.41. The molecule has 1 fully saturated rings. The molecule has 4 nitrogen and oxygen atoms in total. The van der Waals surface area contributed by atoms with Gasteiger partial charge in [-0.15, -0.1) is 10.2 Å². The molecular weight excluding hydrogens is 208 g/mol. The minimum absolute atomic E-state index is 0.480. The SMILES string of the molecule is CC=CCSc1nnc(CN)n1C1CC1. The molecule has 1 aliphatic rings. The predicted molar refractivity (Wildman–Crippen MR) is 61.7 cm³/mol. The van der Waals surface area contributed by atoms with Crippen molar-refractivity contribution in [3.8, 4) is 0 Å². The number of hydrogen-bond donors (Lipinski definition) is 1. The van der Waals surface area contributed by atoms with Gasteiger partial charge in [0.1, 0.15) is 5.82 Å². The molecule has 1 aliphatic carbocycles. The van der Waals surface area contributed by atoms with Gasteiger partial charge in [0, 0.05) is 11.8 Å². The van der Waals surface area contributed by atoms with Crippen LogP contribution in [0.25, 0.3) is 0 Å². The summed E-state index contributed by atoms with van der Waals surface area (Å²) in [6, 6.07) is 0.603. The van der Waals surface area contributed by atoms with Gasteiger partial charge in [-0.25, -0.2) is 0 Å². The highest BCUT2D eigenvalue weighted by molar-refractivity contribution is 7.99. The van der Waals surface area contributed by atoms with Crippen molar-refractivity contribution >= 4 is 11.8 Å². The Hall–Kier alpha value is -0.810. The summed E-state index contributed by atoms with van der Waals surface area (Å²) in [6.45, 7) is 2.51. The summed E-state index contributed by atoms with van der Waals surface area (Å²) in [6.07, 6.45) is 6.65. The minimum Gasteiger partial charge on any atom is -0.324 e. The molecule has 0 atom stereocenters. The standard InChI is InChI=1S/C10H16N4S/c1-2-3-6-15-10-13-12-9(7-11)14(10)8-4-5-8/h2-3,8H,4-7,11H2,1H3. The maximum absolute atomic E-state index is 5.64. The molecule has 15 heavy (non-hydrogen) atoms. The molecule has 0 saturated heterocycles. The van der Waals surface area contributed by atoms with E-state index < -0.39 is 0 Å². The summed E-state index contributed by atoms with van der Waals surface area (Å²) in [7, 11) is 0. The van der Waals surface area contributed by atoms with Gasteiger partial charge in [0.25, 0.3) is 0 Å². The highest BCUT2D eigenvalue weighted by atomic mass is 32.2. The van der Waals surface area contributed by atoms with E-state index >= 15 is 0 Å². The molecule has 0 aliphatic heterocycles. The average molecular weight is 224 g/mol. The molecule has 0 unspecified atom stereocenters. The fraction of sp³-hybridized carbons (Fsp3) is 0.600. The van der Waals surface area contributed by atoms with Gasteiger partial charge in [0.2, 0.25) is 0 Å². The van der Waals surface area contributed by atoms with Gasteiger partial charge in [-0.1, -0.05) is 23.9 Å². The van der Waals surface area contributed by atoms with Crippen LogP contribution in [0.5, 0.6) is 0 Å². The van der Waals surface area contributed by atoms with Gasteiger partial charge < -0.3 is 10.3 Å². The van der Waals surface area contributed by atoms with E-state index in [2.05, 4.69) is 26.9 Å². The fourth-order valence-electron chi connectivity index (χ4n) is 1.46. The van der Waals surface area contributed by atoms with Crippen molar-refractivity contribution in [2.45, 2.75) is 37.5 Å². The summed E-state index contributed by atoms with van der Waals surface area (Å²) in [4.78, 5) is 0. The van der Waals surface area contributed by atoms with Crippen molar-refractivity contribution in [3.63, 3.8) is 0 Å². The van der Waals surface area contributed by atoms with Gasteiger partial charge in [0.05, 0.1) is 6.54 Å². The first-order valence-corrected chi connectivity index (χ1v) is 6.23. The van der Waals surface area contributed by atoms with Gasteiger partial charge in [-0.2, -0.15) is 0 Å². The second kappa shape index (κ2) is 4.81. The Morgan fingerprint density at radius 2 is 2.33 bits per heavy atom. The topological polar surface area (TPSA) is 56.7 Å². The lowest BCUT2D eigenvalue weighted by Gasteiger charge is -2.05. The van der Waals surface area contributed by atoms with Gasteiger partial charge in [-0.05, 0) is 19.8 Å². The first-order valence-electron chi connectivity index (χ1n) is 5.24. The smallest absolute Gasteiger partial charge is 0.191 e. The lowest BCUT2D eigenvalue weighted by Crippen LogP contribution is -2.08. The van der Waals surface area contributed by atoms with E-state index in [1.807, 2.05) is 6.92 Å².